The van der Waals surface area contributed by atoms with Crippen molar-refractivity contribution in [1.29, 1.82) is 0 Å². The van der Waals surface area contributed by atoms with Gasteiger partial charge in [0, 0.05) is 20.3 Å². The maximum absolute atomic E-state index is 11.5. The highest BCUT2D eigenvalue weighted by Crippen LogP contribution is 2.23. The predicted molar refractivity (Wildman–Crippen MR) is 145 cm³/mol. The minimum Gasteiger partial charge on any atom is -0.307 e. The number of nitrogens with zero attached hydrogens (tertiary/aromatic N) is 2. The Balaban J connectivity index is 1.99. The molecule has 0 aromatic heterocycles. The fourth-order valence-electron chi connectivity index (χ4n) is 5.26. The van der Waals surface area contributed by atoms with E-state index in [-0.39, 0.29) is 12.1 Å². The molecule has 33 heavy (non-hydrogen) atoms. The summed E-state index contributed by atoms with van der Waals surface area (Å²) >= 11 is 0. The molecule has 1 aliphatic heterocycles. The van der Waals surface area contributed by atoms with E-state index in [9.17, 15) is 4.79 Å². The molecule has 0 aliphatic carbocycles. The Hall–Kier alpha value is -1.16. The van der Waals surface area contributed by atoms with Crippen LogP contribution >= 0.6 is 0 Å². The molecule has 0 radical (unpaired) electrons. The van der Waals surface area contributed by atoms with Crippen molar-refractivity contribution in [2.75, 3.05) is 19.6 Å². The summed E-state index contributed by atoms with van der Waals surface area (Å²) in [7, 11) is 0. The molecule has 2 atom stereocenters. The summed E-state index contributed by atoms with van der Waals surface area (Å²) in [6.45, 7) is 11.2. The largest absolute Gasteiger partial charge is 0.307 e. The van der Waals surface area contributed by atoms with Crippen LogP contribution in [0.1, 0.15) is 137 Å². The number of allylic oxidation sites excluding steroid dienone is 2. The van der Waals surface area contributed by atoms with E-state index in [0.717, 1.165) is 30.5 Å². The first-order chi connectivity index (χ1) is 16.1. The number of amides is 1. The average Bonchev–Trinajstić information content (AvgIpc) is 3.22. The van der Waals surface area contributed by atoms with Crippen molar-refractivity contribution in [3.8, 4) is 0 Å². The number of hydrogen-bond acceptors (Lipinski definition) is 2. The molecule has 4 nitrogen and oxygen atoms in total. The van der Waals surface area contributed by atoms with Crippen molar-refractivity contribution in [2.24, 2.45) is 4.99 Å². The summed E-state index contributed by atoms with van der Waals surface area (Å²) in [5.74, 6) is 1.36. The Bertz CT molecular complexity index is 557. The number of quaternary nitrogens is 1. The van der Waals surface area contributed by atoms with Gasteiger partial charge in [0.25, 0.3) is 0 Å². The van der Waals surface area contributed by atoms with Gasteiger partial charge in [-0.1, -0.05) is 89.7 Å². The van der Waals surface area contributed by atoms with Crippen LogP contribution in [-0.4, -0.2) is 42.0 Å². The first-order valence-electron chi connectivity index (χ1n) is 14.4. The first-order valence-corrected chi connectivity index (χ1v) is 14.4. The van der Waals surface area contributed by atoms with Crippen molar-refractivity contribution < 1.29 is 9.28 Å². The maximum atomic E-state index is 11.5. The molecule has 0 saturated carbocycles. The zero-order valence-electron chi connectivity index (χ0n) is 22.7. The van der Waals surface area contributed by atoms with Crippen LogP contribution < -0.4 is 5.32 Å². The van der Waals surface area contributed by atoms with E-state index in [0.29, 0.717) is 0 Å². The molecule has 1 heterocycles. The number of carbonyl (C=O) groups excluding carboxylic acids is 1. The minimum atomic E-state index is 0.0581. The summed E-state index contributed by atoms with van der Waals surface area (Å²) in [6, 6.07) is 0. The number of hydrogen-bond donors (Lipinski definition) is 1. The van der Waals surface area contributed by atoms with Gasteiger partial charge in [-0.15, -0.1) is 0 Å². The average molecular weight is 463 g/mol. The minimum absolute atomic E-state index is 0.0581. The third-order valence-electron chi connectivity index (χ3n) is 7.44. The zero-order chi connectivity index (χ0) is 24.2. The van der Waals surface area contributed by atoms with Gasteiger partial charge >= 0.3 is 0 Å². The van der Waals surface area contributed by atoms with Crippen LogP contribution in [0.15, 0.2) is 17.1 Å². The highest BCUT2D eigenvalue weighted by Gasteiger charge is 2.41. The van der Waals surface area contributed by atoms with Crippen LogP contribution in [0.25, 0.3) is 0 Å². The van der Waals surface area contributed by atoms with Gasteiger partial charge in [0.05, 0.1) is 13.1 Å². The third-order valence-corrected chi connectivity index (χ3v) is 7.44. The fourth-order valence-corrected chi connectivity index (χ4v) is 5.26. The second kappa shape index (κ2) is 19.2. The van der Waals surface area contributed by atoms with Crippen molar-refractivity contribution in [2.45, 2.75) is 143 Å². The molecular weight excluding hydrogens is 406 g/mol. The van der Waals surface area contributed by atoms with E-state index in [1.54, 1.807) is 6.92 Å². The lowest BCUT2D eigenvalue weighted by Gasteiger charge is -2.39. The summed E-state index contributed by atoms with van der Waals surface area (Å²) in [5.41, 5.74) is 0. The Morgan fingerprint density at radius 1 is 0.879 bits per heavy atom. The molecule has 0 spiro atoms. The SMILES string of the molecule is CCCCCCCCCC/C=C/CCCCCCCCC1=NCC[N+]1(CC)C(C)NC(C)=O. The number of aliphatic imine (C=N–C) groups is 1. The molecule has 0 aromatic rings. The predicted octanol–water partition coefficient (Wildman–Crippen LogP) is 7.93. The molecule has 1 amide bonds. The molecule has 4 heteroatoms. The number of nitrogens with one attached hydrogen (secondary N) is 1. The van der Waals surface area contributed by atoms with Gasteiger partial charge in [-0.05, 0) is 39.0 Å². The molecule has 1 rings (SSSR count). The van der Waals surface area contributed by atoms with Gasteiger partial charge in [-0.25, -0.2) is 4.99 Å². The number of likely N-dealkylation sites (N-methyl/N-ethyl adjacent to an activating group) is 1. The van der Waals surface area contributed by atoms with Crippen LogP contribution in [0.4, 0.5) is 0 Å². The Morgan fingerprint density at radius 3 is 1.91 bits per heavy atom. The number of carbonyl (C=O) groups is 1. The maximum Gasteiger partial charge on any atom is 0.221 e. The van der Waals surface area contributed by atoms with Crippen LogP contribution in [0, 0.1) is 0 Å². The van der Waals surface area contributed by atoms with E-state index in [1.165, 1.54) is 109 Å². The van der Waals surface area contributed by atoms with Crippen molar-refractivity contribution in [1.82, 2.24) is 5.32 Å². The molecule has 0 bridgehead atoms. The third kappa shape index (κ3) is 12.8. The molecule has 1 aliphatic rings. The lowest BCUT2D eigenvalue weighted by Crippen LogP contribution is -2.62. The van der Waals surface area contributed by atoms with E-state index >= 15 is 0 Å². The second-order valence-corrected chi connectivity index (χ2v) is 10.1. The first kappa shape index (κ1) is 29.9. The number of unbranched alkanes of at least 4 members (excludes halogenated alkanes) is 14. The van der Waals surface area contributed by atoms with E-state index in [4.69, 9.17) is 4.99 Å². The normalized spacial score (nSPS) is 19.2. The molecule has 0 saturated heterocycles. The summed E-state index contributed by atoms with van der Waals surface area (Å²) in [6.07, 6.45) is 27.8. The Kier molecular flexibility index (Phi) is 17.4. The van der Waals surface area contributed by atoms with Crippen LogP contribution in [0.2, 0.25) is 0 Å². The molecule has 1 N–H and O–H groups in total. The monoisotopic (exact) mass is 462 g/mol. The summed E-state index contributed by atoms with van der Waals surface area (Å²) < 4.78 is 0.852. The quantitative estimate of drug-likeness (QED) is 0.105. The second-order valence-electron chi connectivity index (χ2n) is 10.1. The van der Waals surface area contributed by atoms with Gasteiger partial charge in [-0.3, -0.25) is 9.28 Å². The topological polar surface area (TPSA) is 41.5 Å². The van der Waals surface area contributed by atoms with Gasteiger partial charge in [0.1, 0.15) is 6.54 Å². The summed E-state index contributed by atoms with van der Waals surface area (Å²) in [4.78, 5) is 16.4. The van der Waals surface area contributed by atoms with Gasteiger partial charge in [-0.2, -0.15) is 0 Å². The highest BCUT2D eigenvalue weighted by atomic mass is 16.1. The number of rotatable bonds is 21. The van der Waals surface area contributed by atoms with Crippen molar-refractivity contribution >= 4 is 11.7 Å². The van der Waals surface area contributed by atoms with Gasteiger partial charge < -0.3 is 5.32 Å². The van der Waals surface area contributed by atoms with E-state index < -0.39 is 0 Å². The summed E-state index contributed by atoms with van der Waals surface area (Å²) in [5, 5.41) is 3.11. The van der Waals surface area contributed by atoms with Crippen LogP contribution in [0.5, 0.6) is 0 Å². The number of amidine groups is 1. The zero-order valence-corrected chi connectivity index (χ0v) is 22.7. The van der Waals surface area contributed by atoms with Crippen molar-refractivity contribution in [3.63, 3.8) is 0 Å². The van der Waals surface area contributed by atoms with Gasteiger partial charge in [0.2, 0.25) is 5.91 Å². The molecule has 192 valence electrons. The van der Waals surface area contributed by atoms with E-state index in [2.05, 4.69) is 38.2 Å². The highest BCUT2D eigenvalue weighted by molar-refractivity contribution is 5.78. The van der Waals surface area contributed by atoms with Crippen molar-refractivity contribution in [3.05, 3.63) is 12.2 Å². The van der Waals surface area contributed by atoms with Crippen LogP contribution in [-0.2, 0) is 4.79 Å². The Morgan fingerprint density at radius 2 is 1.39 bits per heavy atom. The molecular formula is C29H56N3O+. The lowest BCUT2D eigenvalue weighted by molar-refractivity contribution is -0.861. The Labute approximate surface area is 206 Å². The van der Waals surface area contributed by atoms with E-state index in [1.807, 2.05) is 0 Å². The molecule has 0 aromatic carbocycles. The standard InChI is InChI=1S/C29H55N3O/c1-5-7-8-9-10-11-12-13-14-15-16-17-18-19-20-21-22-23-24-29-30-25-26-32(29,6-2)27(3)31-28(4)33/h15-16,27H,5-14,17-26H2,1-4H3/p+1/b16-15+. The lowest BCUT2D eigenvalue weighted by atomic mass is 10.1. The van der Waals surface area contributed by atoms with Gasteiger partial charge in [0.15, 0.2) is 12.0 Å². The molecule has 0 fully saturated rings. The smallest absolute Gasteiger partial charge is 0.221 e. The fraction of sp³-hybridized carbons (Fsp3) is 0.862. The van der Waals surface area contributed by atoms with Crippen LogP contribution in [0.3, 0.4) is 0 Å². The molecule has 2 unspecified atom stereocenters.